The molecule has 2 N–H and O–H groups in total. The molecule has 178 valence electrons. The van der Waals surface area contributed by atoms with Crippen LogP contribution in [0.5, 0.6) is 11.5 Å². The molecular weight excluding hydrogens is 519 g/mol. The van der Waals surface area contributed by atoms with Crippen LogP contribution in [0.4, 0.5) is 10.1 Å². The Bertz CT molecular complexity index is 1320. The quantitative estimate of drug-likeness (QED) is 0.263. The van der Waals surface area contributed by atoms with Gasteiger partial charge in [0.05, 0.1) is 22.3 Å². The molecule has 0 aliphatic carbocycles. The van der Waals surface area contributed by atoms with Crippen molar-refractivity contribution in [2.45, 2.75) is 13.5 Å². The highest BCUT2D eigenvalue weighted by molar-refractivity contribution is 9.10. The van der Waals surface area contributed by atoms with Gasteiger partial charge < -0.3 is 19.9 Å². The van der Waals surface area contributed by atoms with E-state index in [2.05, 4.69) is 21.2 Å². The number of aromatic carboxylic acids is 1. The van der Waals surface area contributed by atoms with E-state index in [-0.39, 0.29) is 29.2 Å². The Morgan fingerprint density at radius 3 is 2.51 bits per heavy atom. The molecule has 0 aromatic heterocycles. The molecule has 3 rings (SSSR count). The van der Waals surface area contributed by atoms with Crippen molar-refractivity contribution in [3.05, 3.63) is 93.2 Å². The highest BCUT2D eigenvalue weighted by atomic mass is 79.9. The molecule has 7 nitrogen and oxygen atoms in total. The predicted molar refractivity (Wildman–Crippen MR) is 132 cm³/mol. The number of hydrogen-bond acceptors (Lipinski definition) is 5. The lowest BCUT2D eigenvalue weighted by molar-refractivity contribution is -0.112. The molecule has 0 bridgehead atoms. The molecule has 0 radical (unpaired) electrons. The molecule has 35 heavy (non-hydrogen) atoms. The zero-order valence-electron chi connectivity index (χ0n) is 18.5. The van der Waals surface area contributed by atoms with Crippen molar-refractivity contribution in [2.24, 2.45) is 0 Å². The van der Waals surface area contributed by atoms with E-state index in [9.17, 15) is 24.3 Å². The van der Waals surface area contributed by atoms with Gasteiger partial charge in [-0.05, 0) is 76.5 Å². The number of amides is 1. The number of ether oxygens (including phenoxy) is 2. The van der Waals surface area contributed by atoms with Gasteiger partial charge in [-0.2, -0.15) is 5.26 Å². The SMILES string of the molecule is CCOc1cc(/C=C(\C#N)C(=O)Nc2ccccc2C(=O)O)cc(Br)c1OCc1ccc(F)cc1. The van der Waals surface area contributed by atoms with Crippen molar-refractivity contribution in [1.82, 2.24) is 0 Å². The fraction of sp³-hybridized carbons (Fsp3) is 0.115. The van der Waals surface area contributed by atoms with Gasteiger partial charge in [0.15, 0.2) is 11.5 Å². The number of carbonyl (C=O) groups is 2. The number of carboxylic acids is 1. The molecule has 0 saturated heterocycles. The minimum Gasteiger partial charge on any atom is -0.490 e. The van der Waals surface area contributed by atoms with Gasteiger partial charge in [-0.25, -0.2) is 9.18 Å². The van der Waals surface area contributed by atoms with Crippen LogP contribution in [0, 0.1) is 17.1 Å². The third kappa shape index (κ3) is 6.68. The smallest absolute Gasteiger partial charge is 0.337 e. The maximum absolute atomic E-state index is 13.1. The Labute approximate surface area is 209 Å². The van der Waals surface area contributed by atoms with E-state index in [1.54, 1.807) is 37.3 Å². The topological polar surface area (TPSA) is 109 Å². The second kappa shape index (κ2) is 11.8. The van der Waals surface area contributed by atoms with Gasteiger partial charge in [0, 0.05) is 0 Å². The molecule has 0 aliphatic rings. The number of nitrogens with one attached hydrogen (secondary N) is 1. The molecule has 0 spiro atoms. The van der Waals surface area contributed by atoms with Gasteiger partial charge in [0.2, 0.25) is 0 Å². The van der Waals surface area contributed by atoms with Crippen molar-refractivity contribution in [2.75, 3.05) is 11.9 Å². The van der Waals surface area contributed by atoms with Crippen LogP contribution in [0.2, 0.25) is 0 Å². The second-order valence-corrected chi connectivity index (χ2v) is 8.01. The standard InChI is InChI=1S/C26H20BrFN2O5/c1-2-34-23-13-17(12-21(27)24(23)35-15-16-7-9-19(28)10-8-16)11-18(14-29)25(31)30-22-6-4-3-5-20(22)26(32)33/h3-13H,2,15H2,1H3,(H,30,31)(H,32,33)/b18-11+. The third-order valence-corrected chi connectivity index (χ3v) is 5.30. The number of benzene rings is 3. The van der Waals surface area contributed by atoms with Gasteiger partial charge in [-0.15, -0.1) is 0 Å². The fourth-order valence-corrected chi connectivity index (χ4v) is 3.67. The summed E-state index contributed by atoms with van der Waals surface area (Å²) in [7, 11) is 0. The molecule has 0 fully saturated rings. The largest absolute Gasteiger partial charge is 0.490 e. The van der Waals surface area contributed by atoms with Crippen LogP contribution in [0.1, 0.15) is 28.4 Å². The van der Waals surface area contributed by atoms with Crippen LogP contribution in [0.3, 0.4) is 0 Å². The van der Waals surface area contributed by atoms with Crippen molar-refractivity contribution in [3.8, 4) is 17.6 Å². The number of nitriles is 1. The minimum absolute atomic E-state index is 0.0758. The number of carbonyl (C=O) groups excluding carboxylic acids is 1. The second-order valence-electron chi connectivity index (χ2n) is 7.15. The molecule has 0 atom stereocenters. The fourth-order valence-electron chi connectivity index (χ4n) is 3.09. The van der Waals surface area contributed by atoms with E-state index in [0.717, 1.165) is 5.56 Å². The summed E-state index contributed by atoms with van der Waals surface area (Å²) in [5.74, 6) is -1.52. The molecular formula is C26H20BrFN2O5. The van der Waals surface area contributed by atoms with Gasteiger partial charge in [-0.3, -0.25) is 4.79 Å². The zero-order valence-corrected chi connectivity index (χ0v) is 20.1. The summed E-state index contributed by atoms with van der Waals surface area (Å²) < 4.78 is 25.2. The lowest BCUT2D eigenvalue weighted by Crippen LogP contribution is -2.16. The van der Waals surface area contributed by atoms with E-state index < -0.39 is 11.9 Å². The van der Waals surface area contributed by atoms with Crippen molar-refractivity contribution >= 4 is 39.6 Å². The Hall–Kier alpha value is -4.16. The molecule has 0 aliphatic heterocycles. The Balaban J connectivity index is 1.86. The molecule has 0 saturated carbocycles. The van der Waals surface area contributed by atoms with Crippen LogP contribution in [0.25, 0.3) is 6.08 Å². The average molecular weight is 539 g/mol. The van der Waals surface area contributed by atoms with Gasteiger partial charge in [0.25, 0.3) is 5.91 Å². The number of hydrogen-bond donors (Lipinski definition) is 2. The first-order valence-corrected chi connectivity index (χ1v) is 11.2. The monoisotopic (exact) mass is 538 g/mol. The highest BCUT2D eigenvalue weighted by Gasteiger charge is 2.17. The first-order valence-electron chi connectivity index (χ1n) is 10.4. The summed E-state index contributed by atoms with van der Waals surface area (Å²) in [6, 6.07) is 16.9. The zero-order chi connectivity index (χ0) is 25.4. The highest BCUT2D eigenvalue weighted by Crippen LogP contribution is 2.38. The van der Waals surface area contributed by atoms with E-state index >= 15 is 0 Å². The summed E-state index contributed by atoms with van der Waals surface area (Å²) in [5.41, 5.74) is 0.982. The Morgan fingerprint density at radius 2 is 1.86 bits per heavy atom. The number of rotatable bonds is 9. The van der Waals surface area contributed by atoms with Crippen LogP contribution < -0.4 is 14.8 Å². The summed E-state index contributed by atoms with van der Waals surface area (Å²) in [5, 5.41) is 21.3. The Morgan fingerprint density at radius 1 is 1.14 bits per heavy atom. The minimum atomic E-state index is -1.20. The molecule has 3 aromatic carbocycles. The number of para-hydroxylation sites is 1. The first kappa shape index (κ1) is 25.5. The normalized spacial score (nSPS) is 10.9. The van der Waals surface area contributed by atoms with Crippen molar-refractivity contribution in [1.29, 1.82) is 5.26 Å². The van der Waals surface area contributed by atoms with Crippen LogP contribution in [-0.4, -0.2) is 23.6 Å². The van der Waals surface area contributed by atoms with E-state index in [0.29, 0.717) is 28.1 Å². The Kier molecular flexibility index (Phi) is 8.59. The van der Waals surface area contributed by atoms with Crippen LogP contribution in [0.15, 0.2) is 70.7 Å². The maximum Gasteiger partial charge on any atom is 0.337 e. The number of anilines is 1. The summed E-state index contributed by atoms with van der Waals surface area (Å²) in [6.45, 7) is 2.31. The molecule has 1 amide bonds. The maximum atomic E-state index is 13.1. The lowest BCUT2D eigenvalue weighted by atomic mass is 10.1. The van der Waals surface area contributed by atoms with Gasteiger partial charge in [0.1, 0.15) is 24.1 Å². The first-order chi connectivity index (χ1) is 16.8. The van der Waals surface area contributed by atoms with Gasteiger partial charge in [-0.1, -0.05) is 24.3 Å². The van der Waals surface area contributed by atoms with Crippen molar-refractivity contribution in [3.63, 3.8) is 0 Å². The molecule has 0 heterocycles. The number of halogens is 2. The van der Waals surface area contributed by atoms with E-state index in [1.165, 1.54) is 36.4 Å². The van der Waals surface area contributed by atoms with E-state index in [1.807, 2.05) is 6.07 Å². The molecule has 9 heteroatoms. The van der Waals surface area contributed by atoms with Gasteiger partial charge >= 0.3 is 5.97 Å². The predicted octanol–water partition coefficient (Wildman–Crippen LogP) is 5.81. The summed E-state index contributed by atoms with van der Waals surface area (Å²) in [4.78, 5) is 24.1. The third-order valence-electron chi connectivity index (χ3n) is 4.71. The molecule has 0 unspecified atom stereocenters. The van der Waals surface area contributed by atoms with Crippen molar-refractivity contribution < 1.29 is 28.6 Å². The lowest BCUT2D eigenvalue weighted by Gasteiger charge is -2.15. The summed E-state index contributed by atoms with van der Waals surface area (Å²) in [6.07, 6.45) is 1.36. The number of nitrogens with zero attached hydrogens (tertiary/aromatic N) is 1. The number of carboxylic acid groups (broad SMARTS) is 1. The molecule has 3 aromatic rings. The van der Waals surface area contributed by atoms with Crippen LogP contribution >= 0.6 is 15.9 Å². The average Bonchev–Trinajstić information content (AvgIpc) is 2.83. The van der Waals surface area contributed by atoms with Crippen LogP contribution in [-0.2, 0) is 11.4 Å². The van der Waals surface area contributed by atoms with E-state index in [4.69, 9.17) is 9.47 Å². The summed E-state index contributed by atoms with van der Waals surface area (Å²) >= 11 is 3.44.